The fraction of sp³-hybridized carbons (Fsp3) is 0.867. The molecule has 0 aromatic rings. The first-order valence-electron chi connectivity index (χ1n) is 7.24. The van der Waals surface area contributed by atoms with E-state index in [1.165, 1.54) is 0 Å². The lowest BCUT2D eigenvalue weighted by Crippen LogP contribution is -2.39. The molecule has 0 heterocycles. The first-order chi connectivity index (χ1) is 8.48. The Morgan fingerprint density at radius 2 is 1.79 bits per heavy atom. The van der Waals surface area contributed by atoms with Crippen LogP contribution in [0.5, 0.6) is 0 Å². The smallest absolute Gasteiger partial charge is 0.0389 e. The van der Waals surface area contributed by atoms with Gasteiger partial charge in [-0.15, -0.1) is 0 Å². The second-order valence-electron chi connectivity index (χ2n) is 7.16. The second-order valence-corrected chi connectivity index (χ2v) is 7.16. The highest BCUT2D eigenvalue weighted by atomic mass is 15.4. The number of hydrogen-bond donors (Lipinski definition) is 3. The molecule has 0 aliphatic heterocycles. The van der Waals surface area contributed by atoms with Gasteiger partial charge in [0.15, 0.2) is 0 Å². The fourth-order valence-corrected chi connectivity index (χ4v) is 1.97. The number of allylic oxidation sites excluding steroid dienone is 1. The average Bonchev–Trinajstić information content (AvgIpc) is 2.23. The van der Waals surface area contributed by atoms with Crippen molar-refractivity contribution < 1.29 is 0 Å². The summed E-state index contributed by atoms with van der Waals surface area (Å²) in [4.78, 5) is 0. The Morgan fingerprint density at radius 1 is 1.26 bits per heavy atom. The molecular weight excluding hydrogens is 236 g/mol. The summed E-state index contributed by atoms with van der Waals surface area (Å²) in [5.74, 6) is 6.66. The summed E-state index contributed by atoms with van der Waals surface area (Å²) in [5, 5.41) is 1.71. The molecule has 0 aliphatic carbocycles. The third-order valence-corrected chi connectivity index (χ3v) is 3.93. The van der Waals surface area contributed by atoms with E-state index in [1.807, 2.05) is 20.0 Å². The fourth-order valence-electron chi connectivity index (χ4n) is 1.97. The summed E-state index contributed by atoms with van der Waals surface area (Å²) in [6.07, 6.45) is 4.64. The number of hydrogen-bond acceptors (Lipinski definition) is 4. The van der Waals surface area contributed by atoms with E-state index >= 15 is 0 Å². The van der Waals surface area contributed by atoms with Crippen LogP contribution in [0.4, 0.5) is 0 Å². The van der Waals surface area contributed by atoms with Crippen LogP contribution in [0.3, 0.4) is 0 Å². The molecule has 0 bridgehead atoms. The van der Waals surface area contributed by atoms with E-state index < -0.39 is 0 Å². The van der Waals surface area contributed by atoms with E-state index in [1.54, 1.807) is 5.01 Å². The van der Waals surface area contributed by atoms with Gasteiger partial charge in [-0.2, -0.15) is 0 Å². The maximum absolute atomic E-state index is 6.04. The summed E-state index contributed by atoms with van der Waals surface area (Å²) in [7, 11) is 0. The normalized spacial score (nSPS) is 15.5. The summed E-state index contributed by atoms with van der Waals surface area (Å²) >= 11 is 0. The highest BCUT2D eigenvalue weighted by molar-refractivity contribution is 4.97. The highest BCUT2D eigenvalue weighted by Crippen LogP contribution is 2.29. The van der Waals surface area contributed by atoms with Crippen molar-refractivity contribution in [3.05, 3.63) is 11.9 Å². The van der Waals surface area contributed by atoms with Crippen molar-refractivity contribution >= 4 is 0 Å². The van der Waals surface area contributed by atoms with Gasteiger partial charge in [0.05, 0.1) is 0 Å². The third-order valence-electron chi connectivity index (χ3n) is 3.93. The van der Waals surface area contributed by atoms with Crippen molar-refractivity contribution in [2.75, 3.05) is 6.54 Å². The Hall–Kier alpha value is -0.740. The van der Waals surface area contributed by atoms with Crippen molar-refractivity contribution in [3.63, 3.8) is 0 Å². The highest BCUT2D eigenvalue weighted by Gasteiger charge is 2.25. The maximum atomic E-state index is 6.04. The predicted octanol–water partition coefficient (Wildman–Crippen LogP) is 2.55. The van der Waals surface area contributed by atoms with Gasteiger partial charge in [-0.1, -0.05) is 34.1 Å². The quantitative estimate of drug-likeness (QED) is 0.468. The lowest BCUT2D eigenvalue weighted by molar-refractivity contribution is 0.156. The molecule has 1 atom stereocenters. The molecule has 4 heteroatoms. The van der Waals surface area contributed by atoms with Gasteiger partial charge in [0.1, 0.15) is 0 Å². The molecule has 0 aromatic carbocycles. The van der Waals surface area contributed by atoms with Crippen LogP contribution in [0.1, 0.15) is 60.8 Å². The maximum Gasteiger partial charge on any atom is 0.0389 e. The van der Waals surface area contributed by atoms with Gasteiger partial charge < -0.3 is 16.5 Å². The van der Waals surface area contributed by atoms with E-state index in [-0.39, 0.29) is 11.0 Å². The third kappa shape index (κ3) is 8.11. The number of nitrogens with zero attached hydrogens (tertiary/aromatic N) is 1. The Balaban J connectivity index is 4.39. The van der Waals surface area contributed by atoms with Crippen molar-refractivity contribution in [2.45, 2.75) is 66.3 Å². The van der Waals surface area contributed by atoms with Crippen LogP contribution >= 0.6 is 0 Å². The molecule has 0 aliphatic rings. The molecule has 0 saturated carbocycles. The molecule has 0 spiro atoms. The Bertz CT molecular complexity index is 289. The van der Waals surface area contributed by atoms with Gasteiger partial charge in [-0.25, -0.2) is 5.84 Å². The molecule has 0 amide bonds. The standard InChI is InChI=1S/C15H34N4/c1-7-12(2)14(3,4)11-19(18)10-13(16)8-9-15(5,6)17/h10,12H,7-9,11,16-18H2,1-6H3/b13-10-. The van der Waals surface area contributed by atoms with Crippen LogP contribution in [0.15, 0.2) is 11.9 Å². The molecule has 1 unspecified atom stereocenters. The van der Waals surface area contributed by atoms with Gasteiger partial charge >= 0.3 is 0 Å². The molecule has 0 fully saturated rings. The van der Waals surface area contributed by atoms with E-state index in [9.17, 15) is 0 Å². The molecule has 4 nitrogen and oxygen atoms in total. The molecule has 6 N–H and O–H groups in total. The van der Waals surface area contributed by atoms with Crippen molar-refractivity contribution in [2.24, 2.45) is 28.6 Å². The monoisotopic (exact) mass is 270 g/mol. The Morgan fingerprint density at radius 3 is 2.21 bits per heavy atom. The van der Waals surface area contributed by atoms with Gasteiger partial charge in [-0.05, 0) is 38.0 Å². The van der Waals surface area contributed by atoms with Gasteiger partial charge in [0, 0.05) is 24.0 Å². The average molecular weight is 270 g/mol. The number of hydrazine groups is 1. The molecule has 0 radical (unpaired) electrons. The van der Waals surface area contributed by atoms with Gasteiger partial charge in [-0.3, -0.25) is 0 Å². The minimum absolute atomic E-state index is 0.174. The van der Waals surface area contributed by atoms with E-state index in [2.05, 4.69) is 27.7 Å². The zero-order chi connectivity index (χ0) is 15.3. The lowest BCUT2D eigenvalue weighted by atomic mass is 9.78. The molecule has 0 rings (SSSR count). The molecular formula is C15H34N4. The van der Waals surface area contributed by atoms with Crippen molar-refractivity contribution in [1.82, 2.24) is 5.01 Å². The van der Waals surface area contributed by atoms with Crippen LogP contribution in [0, 0.1) is 11.3 Å². The summed E-state index contributed by atoms with van der Waals surface area (Å²) in [5.41, 5.74) is 12.7. The zero-order valence-electron chi connectivity index (χ0n) is 13.7. The van der Waals surface area contributed by atoms with E-state index in [0.717, 1.165) is 31.5 Å². The van der Waals surface area contributed by atoms with Gasteiger partial charge in [0.2, 0.25) is 0 Å². The van der Waals surface area contributed by atoms with Crippen LogP contribution < -0.4 is 17.3 Å². The Kier molecular flexibility index (Phi) is 6.87. The summed E-state index contributed by atoms with van der Waals surface area (Å²) < 4.78 is 0. The molecule has 0 aromatic heterocycles. The second kappa shape index (κ2) is 7.15. The van der Waals surface area contributed by atoms with Crippen LogP contribution in [0.25, 0.3) is 0 Å². The van der Waals surface area contributed by atoms with Crippen molar-refractivity contribution in [1.29, 1.82) is 0 Å². The summed E-state index contributed by atoms with van der Waals surface area (Å²) in [6, 6.07) is 0. The number of rotatable bonds is 8. The lowest BCUT2D eigenvalue weighted by Gasteiger charge is -2.34. The van der Waals surface area contributed by atoms with Crippen LogP contribution in [-0.4, -0.2) is 17.1 Å². The van der Waals surface area contributed by atoms with E-state index in [0.29, 0.717) is 5.92 Å². The largest absolute Gasteiger partial charge is 0.401 e. The topological polar surface area (TPSA) is 81.3 Å². The molecule has 19 heavy (non-hydrogen) atoms. The SMILES string of the molecule is CCC(C)C(C)(C)CN(N)/C=C(\N)CCC(C)(C)N. The minimum Gasteiger partial charge on any atom is -0.401 e. The van der Waals surface area contributed by atoms with Gasteiger partial charge in [0.25, 0.3) is 0 Å². The van der Waals surface area contributed by atoms with E-state index in [4.69, 9.17) is 17.3 Å². The minimum atomic E-state index is -0.187. The van der Waals surface area contributed by atoms with Crippen LogP contribution in [0.2, 0.25) is 0 Å². The van der Waals surface area contributed by atoms with Crippen LogP contribution in [-0.2, 0) is 0 Å². The molecule has 0 saturated heterocycles. The molecule has 114 valence electrons. The predicted molar refractivity (Wildman–Crippen MR) is 83.9 cm³/mol. The first kappa shape index (κ1) is 18.3. The summed E-state index contributed by atoms with van der Waals surface area (Å²) in [6.45, 7) is 13.8. The van der Waals surface area contributed by atoms with Crippen molar-refractivity contribution in [3.8, 4) is 0 Å². The first-order valence-corrected chi connectivity index (χ1v) is 7.24. The Labute approximate surface area is 119 Å². The zero-order valence-corrected chi connectivity index (χ0v) is 13.7. The number of nitrogens with two attached hydrogens (primary N) is 3.